The van der Waals surface area contributed by atoms with Gasteiger partial charge in [0.1, 0.15) is 17.1 Å². The highest BCUT2D eigenvalue weighted by Gasteiger charge is 2.08. The first-order valence-corrected chi connectivity index (χ1v) is 7.04. The molecule has 3 heteroatoms. The van der Waals surface area contributed by atoms with Crippen LogP contribution >= 0.6 is 0 Å². The summed E-state index contributed by atoms with van der Waals surface area (Å²) < 4.78 is 11.3. The summed E-state index contributed by atoms with van der Waals surface area (Å²) in [6, 6.07) is 14.3. The molecule has 0 unspecified atom stereocenters. The van der Waals surface area contributed by atoms with Crippen LogP contribution in [0.3, 0.4) is 0 Å². The molecular formula is C18H19NO2. The van der Waals surface area contributed by atoms with E-state index in [1.807, 2.05) is 18.2 Å². The molecule has 0 fully saturated rings. The van der Waals surface area contributed by atoms with Crippen molar-refractivity contribution in [3.63, 3.8) is 0 Å². The molecule has 2 aromatic carbocycles. The normalized spacial score (nSPS) is 10.8. The van der Waals surface area contributed by atoms with Gasteiger partial charge in [0.15, 0.2) is 0 Å². The topological polar surface area (TPSA) is 34.4 Å². The number of anilines is 1. The fourth-order valence-electron chi connectivity index (χ4n) is 2.64. The molecule has 3 rings (SSSR count). The van der Waals surface area contributed by atoms with Crippen molar-refractivity contribution in [2.75, 3.05) is 12.4 Å². The van der Waals surface area contributed by atoms with E-state index in [4.69, 9.17) is 9.15 Å². The third kappa shape index (κ3) is 2.59. The summed E-state index contributed by atoms with van der Waals surface area (Å²) in [6.07, 6.45) is 0. The van der Waals surface area contributed by atoms with Crippen LogP contribution in [-0.2, 0) is 6.54 Å². The molecule has 0 spiro atoms. The first-order valence-electron chi connectivity index (χ1n) is 7.04. The smallest absolute Gasteiger partial charge is 0.134 e. The Kier molecular flexibility index (Phi) is 3.57. The Morgan fingerprint density at radius 1 is 1.10 bits per heavy atom. The second-order valence-corrected chi connectivity index (χ2v) is 5.19. The maximum atomic E-state index is 5.82. The standard InChI is InChI=1S/C18H19NO2/c1-12-8-9-16(13(2)18(12)20-3)19-11-15-10-14-6-4-5-7-17(14)21-15/h4-10,19H,11H2,1-3H3. The molecule has 3 aromatic rings. The van der Waals surface area contributed by atoms with Gasteiger partial charge < -0.3 is 14.5 Å². The van der Waals surface area contributed by atoms with Crippen LogP contribution in [0.15, 0.2) is 46.9 Å². The maximum Gasteiger partial charge on any atom is 0.134 e. The van der Waals surface area contributed by atoms with Crippen molar-refractivity contribution < 1.29 is 9.15 Å². The van der Waals surface area contributed by atoms with Crippen molar-refractivity contribution in [3.05, 3.63) is 59.4 Å². The first-order chi connectivity index (χ1) is 10.2. The number of hydrogen-bond acceptors (Lipinski definition) is 3. The Morgan fingerprint density at radius 3 is 2.67 bits per heavy atom. The van der Waals surface area contributed by atoms with Crippen LogP contribution in [0.1, 0.15) is 16.9 Å². The minimum absolute atomic E-state index is 0.654. The highest BCUT2D eigenvalue weighted by Crippen LogP contribution is 2.29. The van der Waals surface area contributed by atoms with Gasteiger partial charge in [-0.25, -0.2) is 0 Å². The predicted octanol–water partition coefficient (Wildman–Crippen LogP) is 4.67. The van der Waals surface area contributed by atoms with Crippen molar-refractivity contribution in [2.24, 2.45) is 0 Å². The number of para-hydroxylation sites is 1. The number of ether oxygens (including phenoxy) is 1. The number of hydrogen-bond donors (Lipinski definition) is 1. The van der Waals surface area contributed by atoms with Gasteiger partial charge in [0.25, 0.3) is 0 Å². The van der Waals surface area contributed by atoms with Gasteiger partial charge in [-0.15, -0.1) is 0 Å². The van der Waals surface area contributed by atoms with Gasteiger partial charge in [-0.1, -0.05) is 24.3 Å². The monoisotopic (exact) mass is 281 g/mol. The molecule has 0 saturated carbocycles. The van der Waals surface area contributed by atoms with Crippen molar-refractivity contribution in [2.45, 2.75) is 20.4 Å². The van der Waals surface area contributed by atoms with Gasteiger partial charge in [-0.05, 0) is 37.6 Å². The summed E-state index contributed by atoms with van der Waals surface area (Å²) >= 11 is 0. The van der Waals surface area contributed by atoms with Gasteiger partial charge in [0.05, 0.1) is 13.7 Å². The quantitative estimate of drug-likeness (QED) is 0.754. The van der Waals surface area contributed by atoms with Crippen LogP contribution in [0, 0.1) is 13.8 Å². The van der Waals surface area contributed by atoms with E-state index in [9.17, 15) is 0 Å². The van der Waals surface area contributed by atoms with E-state index in [1.165, 1.54) is 0 Å². The summed E-state index contributed by atoms with van der Waals surface area (Å²) in [6.45, 7) is 4.77. The number of rotatable bonds is 4. The van der Waals surface area contributed by atoms with Crippen LogP contribution in [-0.4, -0.2) is 7.11 Å². The molecule has 1 aromatic heterocycles. The summed E-state index contributed by atoms with van der Waals surface area (Å²) in [4.78, 5) is 0. The SMILES string of the molecule is COc1c(C)ccc(NCc2cc3ccccc3o2)c1C. The molecule has 0 radical (unpaired) electrons. The second kappa shape index (κ2) is 5.52. The lowest BCUT2D eigenvalue weighted by Crippen LogP contribution is -2.02. The Balaban J connectivity index is 1.81. The van der Waals surface area contributed by atoms with Crippen molar-refractivity contribution in [1.29, 1.82) is 0 Å². The second-order valence-electron chi connectivity index (χ2n) is 5.19. The molecule has 0 amide bonds. The van der Waals surface area contributed by atoms with Crippen LogP contribution in [0.2, 0.25) is 0 Å². The molecule has 21 heavy (non-hydrogen) atoms. The lowest BCUT2D eigenvalue weighted by Gasteiger charge is -2.14. The summed E-state index contributed by atoms with van der Waals surface area (Å²) in [5.74, 6) is 1.86. The molecule has 1 N–H and O–H groups in total. The molecule has 0 aliphatic rings. The van der Waals surface area contributed by atoms with Crippen LogP contribution in [0.25, 0.3) is 11.0 Å². The zero-order valence-corrected chi connectivity index (χ0v) is 12.6. The van der Waals surface area contributed by atoms with E-state index in [2.05, 4.69) is 43.4 Å². The number of methoxy groups -OCH3 is 1. The molecule has 3 nitrogen and oxygen atoms in total. The largest absolute Gasteiger partial charge is 0.496 e. The lowest BCUT2D eigenvalue weighted by atomic mass is 10.1. The van der Waals surface area contributed by atoms with Gasteiger partial charge in [0.2, 0.25) is 0 Å². The highest BCUT2D eigenvalue weighted by molar-refractivity contribution is 5.77. The fraction of sp³-hybridized carbons (Fsp3) is 0.222. The Bertz CT molecular complexity index is 741. The molecule has 0 aliphatic heterocycles. The van der Waals surface area contributed by atoms with E-state index in [0.29, 0.717) is 6.54 Å². The lowest BCUT2D eigenvalue weighted by molar-refractivity contribution is 0.409. The minimum atomic E-state index is 0.654. The van der Waals surface area contributed by atoms with Crippen molar-refractivity contribution >= 4 is 16.7 Å². The van der Waals surface area contributed by atoms with E-state index < -0.39 is 0 Å². The average molecular weight is 281 g/mol. The zero-order chi connectivity index (χ0) is 14.8. The first kappa shape index (κ1) is 13.6. The number of aryl methyl sites for hydroxylation is 1. The van der Waals surface area contributed by atoms with E-state index >= 15 is 0 Å². The molecular weight excluding hydrogens is 262 g/mol. The van der Waals surface area contributed by atoms with Crippen molar-refractivity contribution in [1.82, 2.24) is 0 Å². The summed E-state index contributed by atoms with van der Waals surface area (Å²) in [5, 5.41) is 4.55. The van der Waals surface area contributed by atoms with Gasteiger partial charge >= 0.3 is 0 Å². The average Bonchev–Trinajstić information content (AvgIpc) is 2.90. The Hall–Kier alpha value is -2.42. The van der Waals surface area contributed by atoms with Gasteiger partial charge in [-0.3, -0.25) is 0 Å². The Morgan fingerprint density at radius 2 is 1.90 bits per heavy atom. The molecule has 1 heterocycles. The maximum absolute atomic E-state index is 5.82. The summed E-state index contributed by atoms with van der Waals surface area (Å²) in [7, 11) is 1.71. The fourth-order valence-corrected chi connectivity index (χ4v) is 2.64. The highest BCUT2D eigenvalue weighted by atomic mass is 16.5. The zero-order valence-electron chi connectivity index (χ0n) is 12.6. The third-order valence-corrected chi connectivity index (χ3v) is 3.74. The minimum Gasteiger partial charge on any atom is -0.496 e. The van der Waals surface area contributed by atoms with Gasteiger partial charge in [-0.2, -0.15) is 0 Å². The van der Waals surface area contributed by atoms with Crippen molar-refractivity contribution in [3.8, 4) is 5.75 Å². The van der Waals surface area contributed by atoms with Crippen LogP contribution < -0.4 is 10.1 Å². The molecule has 0 bridgehead atoms. The number of benzene rings is 2. The van der Waals surface area contributed by atoms with Crippen LogP contribution in [0.4, 0.5) is 5.69 Å². The van der Waals surface area contributed by atoms with E-state index in [0.717, 1.165) is 39.3 Å². The number of nitrogens with one attached hydrogen (secondary N) is 1. The van der Waals surface area contributed by atoms with E-state index in [1.54, 1.807) is 7.11 Å². The molecule has 0 saturated heterocycles. The number of furan rings is 1. The third-order valence-electron chi connectivity index (χ3n) is 3.74. The van der Waals surface area contributed by atoms with Crippen LogP contribution in [0.5, 0.6) is 5.75 Å². The Labute approximate surface area is 124 Å². The number of fused-ring (bicyclic) bond motifs is 1. The predicted molar refractivity (Wildman–Crippen MR) is 86.0 cm³/mol. The molecule has 0 atom stereocenters. The summed E-state index contributed by atoms with van der Waals surface area (Å²) in [5.41, 5.74) is 4.25. The van der Waals surface area contributed by atoms with Gasteiger partial charge in [0, 0.05) is 16.6 Å². The van der Waals surface area contributed by atoms with E-state index in [-0.39, 0.29) is 0 Å². The molecule has 0 aliphatic carbocycles. The molecule has 108 valence electrons.